The maximum atomic E-state index is 11.4. The molecule has 0 aromatic carbocycles. The van der Waals surface area contributed by atoms with Crippen molar-refractivity contribution < 1.29 is 13.2 Å². The van der Waals surface area contributed by atoms with Crippen molar-refractivity contribution in [2.24, 2.45) is 0 Å². The van der Waals surface area contributed by atoms with Crippen LogP contribution < -0.4 is 0 Å². The summed E-state index contributed by atoms with van der Waals surface area (Å²) < 4.78 is 34.2. The SMILES string of the molecule is C=C(C#N)CCC(F)(F)F. The van der Waals surface area contributed by atoms with Gasteiger partial charge < -0.3 is 0 Å². The molecule has 0 aromatic rings. The molecule has 0 saturated heterocycles. The second kappa shape index (κ2) is 3.25. The van der Waals surface area contributed by atoms with Crippen LogP contribution >= 0.6 is 0 Å². The van der Waals surface area contributed by atoms with Gasteiger partial charge in [0.15, 0.2) is 0 Å². The van der Waals surface area contributed by atoms with Crippen LogP contribution in [0.25, 0.3) is 0 Å². The van der Waals surface area contributed by atoms with E-state index in [1.807, 2.05) is 0 Å². The number of rotatable bonds is 2. The third-order valence-electron chi connectivity index (χ3n) is 0.868. The lowest BCUT2D eigenvalue weighted by atomic mass is 10.2. The fourth-order valence-corrected chi connectivity index (χ4v) is 0.349. The first-order chi connectivity index (χ1) is 4.45. The largest absolute Gasteiger partial charge is 0.389 e. The van der Waals surface area contributed by atoms with Gasteiger partial charge in [0.1, 0.15) is 0 Å². The van der Waals surface area contributed by atoms with Gasteiger partial charge in [0, 0.05) is 12.0 Å². The molecule has 0 amide bonds. The Kier molecular flexibility index (Phi) is 2.94. The molecule has 0 aliphatic carbocycles. The molecule has 0 atom stereocenters. The number of halogens is 3. The van der Waals surface area contributed by atoms with Crippen molar-refractivity contribution in [3.05, 3.63) is 12.2 Å². The predicted octanol–water partition coefficient (Wildman–Crippen LogP) is 2.41. The molecule has 0 spiro atoms. The molecule has 0 rings (SSSR count). The topological polar surface area (TPSA) is 23.8 Å². The van der Waals surface area contributed by atoms with Gasteiger partial charge >= 0.3 is 6.18 Å². The number of nitriles is 1. The quantitative estimate of drug-likeness (QED) is 0.553. The van der Waals surface area contributed by atoms with Crippen LogP contribution in [0, 0.1) is 11.3 Å². The smallest absolute Gasteiger partial charge is 0.193 e. The van der Waals surface area contributed by atoms with Gasteiger partial charge in [-0.15, -0.1) is 0 Å². The van der Waals surface area contributed by atoms with Crippen molar-refractivity contribution >= 4 is 0 Å². The van der Waals surface area contributed by atoms with E-state index in [0.717, 1.165) is 0 Å². The predicted molar refractivity (Wildman–Crippen MR) is 30.0 cm³/mol. The minimum atomic E-state index is -4.18. The number of allylic oxidation sites excluding steroid dienone is 1. The van der Waals surface area contributed by atoms with Crippen molar-refractivity contribution in [2.45, 2.75) is 19.0 Å². The van der Waals surface area contributed by atoms with E-state index in [2.05, 4.69) is 6.58 Å². The highest BCUT2D eigenvalue weighted by Gasteiger charge is 2.26. The van der Waals surface area contributed by atoms with E-state index in [1.165, 1.54) is 0 Å². The molecule has 0 aromatic heterocycles. The summed E-state index contributed by atoms with van der Waals surface area (Å²) in [5, 5.41) is 8.01. The number of alkyl halides is 3. The fourth-order valence-electron chi connectivity index (χ4n) is 0.349. The summed E-state index contributed by atoms with van der Waals surface area (Å²) in [4.78, 5) is 0. The molecule has 1 nitrogen and oxygen atoms in total. The number of nitrogens with zero attached hydrogens (tertiary/aromatic N) is 1. The number of hydrogen-bond donors (Lipinski definition) is 0. The first kappa shape index (κ1) is 9.02. The summed E-state index contributed by atoms with van der Waals surface area (Å²) in [6.45, 7) is 3.12. The molecule has 0 unspecified atom stereocenters. The highest BCUT2D eigenvalue weighted by molar-refractivity contribution is 5.15. The van der Waals surface area contributed by atoms with Crippen LogP contribution in [-0.2, 0) is 0 Å². The monoisotopic (exact) mass is 149 g/mol. The van der Waals surface area contributed by atoms with Crippen molar-refractivity contribution in [2.75, 3.05) is 0 Å². The van der Waals surface area contributed by atoms with Crippen LogP contribution in [0.1, 0.15) is 12.8 Å². The van der Waals surface area contributed by atoms with E-state index in [0.29, 0.717) is 0 Å². The van der Waals surface area contributed by atoms with E-state index >= 15 is 0 Å². The van der Waals surface area contributed by atoms with Crippen LogP contribution in [0.15, 0.2) is 12.2 Å². The molecular weight excluding hydrogens is 143 g/mol. The van der Waals surface area contributed by atoms with E-state index in [-0.39, 0.29) is 12.0 Å². The Hall–Kier alpha value is -0.980. The van der Waals surface area contributed by atoms with Crippen LogP contribution in [-0.4, -0.2) is 6.18 Å². The van der Waals surface area contributed by atoms with Crippen molar-refractivity contribution in [3.63, 3.8) is 0 Å². The van der Waals surface area contributed by atoms with E-state index < -0.39 is 12.6 Å². The lowest BCUT2D eigenvalue weighted by Gasteiger charge is -2.02. The fraction of sp³-hybridized carbons (Fsp3) is 0.500. The van der Waals surface area contributed by atoms with Gasteiger partial charge in [-0.05, 0) is 6.42 Å². The Morgan fingerprint density at radius 2 is 2.00 bits per heavy atom. The highest BCUT2D eigenvalue weighted by Crippen LogP contribution is 2.22. The standard InChI is InChI=1S/C6H6F3N/c1-5(4-10)2-3-6(7,8)9/h1-3H2. The zero-order valence-corrected chi connectivity index (χ0v) is 5.20. The van der Waals surface area contributed by atoms with E-state index in [1.54, 1.807) is 6.07 Å². The lowest BCUT2D eigenvalue weighted by Crippen LogP contribution is -2.06. The average Bonchev–Trinajstić information content (AvgIpc) is 1.81. The van der Waals surface area contributed by atoms with Crippen molar-refractivity contribution in [1.82, 2.24) is 0 Å². The van der Waals surface area contributed by atoms with Gasteiger partial charge in [-0.2, -0.15) is 18.4 Å². The van der Waals surface area contributed by atoms with E-state index in [4.69, 9.17) is 5.26 Å². The molecule has 0 N–H and O–H groups in total. The molecule has 4 heteroatoms. The van der Waals surface area contributed by atoms with Crippen LogP contribution in [0.5, 0.6) is 0 Å². The maximum Gasteiger partial charge on any atom is 0.389 e. The minimum absolute atomic E-state index is 0.0303. The molecule has 0 bridgehead atoms. The second-order valence-electron chi connectivity index (χ2n) is 1.83. The summed E-state index contributed by atoms with van der Waals surface area (Å²) >= 11 is 0. The Morgan fingerprint density at radius 3 is 2.30 bits per heavy atom. The zero-order valence-electron chi connectivity index (χ0n) is 5.20. The molecule has 0 heterocycles. The van der Waals surface area contributed by atoms with Crippen LogP contribution in [0.4, 0.5) is 13.2 Å². The summed E-state index contributed by atoms with van der Waals surface area (Å²) in [5.74, 6) is 0. The van der Waals surface area contributed by atoms with Crippen LogP contribution in [0.3, 0.4) is 0 Å². The zero-order chi connectivity index (χ0) is 8.20. The maximum absolute atomic E-state index is 11.4. The van der Waals surface area contributed by atoms with Gasteiger partial charge in [0.05, 0.1) is 6.07 Å². The summed E-state index contributed by atoms with van der Waals surface area (Å²) in [5.41, 5.74) is -0.0303. The molecule has 0 aliphatic rings. The molecule has 56 valence electrons. The Bertz CT molecular complexity index is 163. The molecule has 0 radical (unpaired) electrons. The third-order valence-corrected chi connectivity index (χ3v) is 0.868. The van der Waals surface area contributed by atoms with E-state index in [9.17, 15) is 13.2 Å². The first-order valence-electron chi connectivity index (χ1n) is 2.60. The Balaban J connectivity index is 3.58. The van der Waals surface area contributed by atoms with Gasteiger partial charge in [-0.1, -0.05) is 6.58 Å². The number of hydrogen-bond acceptors (Lipinski definition) is 1. The molecule has 0 aliphatic heterocycles. The summed E-state index contributed by atoms with van der Waals surface area (Å²) in [7, 11) is 0. The van der Waals surface area contributed by atoms with Gasteiger partial charge in [-0.3, -0.25) is 0 Å². The van der Waals surface area contributed by atoms with Crippen LogP contribution in [0.2, 0.25) is 0 Å². The highest BCUT2D eigenvalue weighted by atomic mass is 19.4. The average molecular weight is 149 g/mol. The van der Waals surface area contributed by atoms with Crippen molar-refractivity contribution in [3.8, 4) is 6.07 Å². The first-order valence-corrected chi connectivity index (χ1v) is 2.60. The van der Waals surface area contributed by atoms with Crippen molar-refractivity contribution in [1.29, 1.82) is 5.26 Å². The molecule has 0 saturated carbocycles. The second-order valence-corrected chi connectivity index (χ2v) is 1.83. The lowest BCUT2D eigenvalue weighted by molar-refractivity contribution is -0.133. The third kappa shape index (κ3) is 5.16. The van der Waals surface area contributed by atoms with Gasteiger partial charge in [0.2, 0.25) is 0 Å². The molecular formula is C6H6F3N. The molecule has 0 fully saturated rings. The molecule has 10 heavy (non-hydrogen) atoms. The normalized spacial score (nSPS) is 10.6. The minimum Gasteiger partial charge on any atom is -0.193 e. The Morgan fingerprint density at radius 1 is 1.50 bits per heavy atom. The van der Waals surface area contributed by atoms with Gasteiger partial charge in [0.25, 0.3) is 0 Å². The summed E-state index contributed by atoms with van der Waals surface area (Å²) in [6, 6.07) is 1.54. The summed E-state index contributed by atoms with van der Waals surface area (Å²) in [6.07, 6.45) is -5.43. The van der Waals surface area contributed by atoms with Gasteiger partial charge in [-0.25, -0.2) is 0 Å². The Labute approximate surface area is 56.8 Å².